The average molecular weight is 218 g/mol. The molecule has 6 nitrogen and oxygen atoms in total. The van der Waals surface area contributed by atoms with Crippen molar-refractivity contribution in [1.82, 2.24) is 24.7 Å². The normalized spacial score (nSPS) is 10.4. The molecule has 0 aliphatic heterocycles. The van der Waals surface area contributed by atoms with Gasteiger partial charge in [0.15, 0.2) is 5.82 Å². The Labute approximate surface area is 93.8 Å². The first-order chi connectivity index (χ1) is 7.66. The molecule has 0 aliphatic carbocycles. The highest BCUT2D eigenvalue weighted by Crippen LogP contribution is 2.06. The maximum Gasteiger partial charge on any atom is 0.151 e. The van der Waals surface area contributed by atoms with Crippen molar-refractivity contribution < 1.29 is 0 Å². The van der Waals surface area contributed by atoms with Gasteiger partial charge in [-0.1, -0.05) is 0 Å². The van der Waals surface area contributed by atoms with Crippen LogP contribution in [0.5, 0.6) is 0 Å². The van der Waals surface area contributed by atoms with Crippen LogP contribution in [-0.4, -0.2) is 24.7 Å². The van der Waals surface area contributed by atoms with Gasteiger partial charge in [-0.3, -0.25) is 4.98 Å². The van der Waals surface area contributed by atoms with Crippen molar-refractivity contribution in [2.24, 2.45) is 7.05 Å². The zero-order valence-corrected chi connectivity index (χ0v) is 9.60. The quantitative estimate of drug-likeness (QED) is 0.826. The van der Waals surface area contributed by atoms with Crippen molar-refractivity contribution in [2.75, 3.05) is 5.32 Å². The molecule has 0 spiro atoms. The molecule has 0 aliphatic rings. The van der Waals surface area contributed by atoms with Crippen molar-refractivity contribution >= 4 is 5.82 Å². The Morgan fingerprint density at radius 2 is 2.12 bits per heavy atom. The third-order valence-corrected chi connectivity index (χ3v) is 2.43. The summed E-state index contributed by atoms with van der Waals surface area (Å²) in [5, 5.41) is 10.9. The standard InChI is InChI=1S/C10H14N6/c1-7-8(2)14-9(4-11-7)12-5-10-15-13-6-16(10)3/h4,6H,5H2,1-3H3,(H,12,14). The fourth-order valence-electron chi connectivity index (χ4n) is 1.26. The Bertz CT molecular complexity index is 490. The van der Waals surface area contributed by atoms with Crippen molar-refractivity contribution in [3.8, 4) is 0 Å². The lowest BCUT2D eigenvalue weighted by Gasteiger charge is -2.06. The number of nitrogens with zero attached hydrogens (tertiary/aromatic N) is 5. The smallest absolute Gasteiger partial charge is 0.151 e. The number of hydrogen-bond acceptors (Lipinski definition) is 5. The first-order valence-electron chi connectivity index (χ1n) is 5.04. The molecule has 0 fully saturated rings. The van der Waals surface area contributed by atoms with Crippen LogP contribution in [0.3, 0.4) is 0 Å². The van der Waals surface area contributed by atoms with Gasteiger partial charge >= 0.3 is 0 Å². The number of rotatable bonds is 3. The minimum absolute atomic E-state index is 0.591. The second-order valence-electron chi connectivity index (χ2n) is 3.64. The molecule has 0 saturated carbocycles. The summed E-state index contributed by atoms with van der Waals surface area (Å²) in [6.07, 6.45) is 3.39. The SMILES string of the molecule is Cc1ncc(NCc2nncn2C)nc1C. The summed E-state index contributed by atoms with van der Waals surface area (Å²) >= 11 is 0. The van der Waals surface area contributed by atoms with Crippen molar-refractivity contribution in [2.45, 2.75) is 20.4 Å². The lowest BCUT2D eigenvalue weighted by molar-refractivity contribution is 0.808. The molecule has 84 valence electrons. The van der Waals surface area contributed by atoms with Crippen molar-refractivity contribution in [3.05, 3.63) is 29.7 Å². The van der Waals surface area contributed by atoms with E-state index in [9.17, 15) is 0 Å². The molecule has 0 atom stereocenters. The van der Waals surface area contributed by atoms with E-state index in [1.807, 2.05) is 25.5 Å². The van der Waals surface area contributed by atoms with Crippen LogP contribution < -0.4 is 5.32 Å². The van der Waals surface area contributed by atoms with Gasteiger partial charge < -0.3 is 9.88 Å². The molecule has 0 saturated heterocycles. The molecule has 0 unspecified atom stereocenters. The van der Waals surface area contributed by atoms with Gasteiger partial charge in [0.05, 0.1) is 24.1 Å². The second-order valence-corrected chi connectivity index (χ2v) is 3.64. The minimum Gasteiger partial charge on any atom is -0.361 e. The molecule has 2 aromatic heterocycles. The average Bonchev–Trinajstić information content (AvgIpc) is 2.66. The minimum atomic E-state index is 0.591. The van der Waals surface area contributed by atoms with Crippen LogP contribution in [0.25, 0.3) is 0 Å². The van der Waals surface area contributed by atoms with Crippen molar-refractivity contribution in [3.63, 3.8) is 0 Å². The van der Waals surface area contributed by atoms with E-state index in [0.29, 0.717) is 6.54 Å². The van der Waals surface area contributed by atoms with E-state index in [1.54, 1.807) is 12.5 Å². The highest BCUT2D eigenvalue weighted by Gasteiger charge is 2.02. The molecule has 2 rings (SSSR count). The Kier molecular flexibility index (Phi) is 2.80. The summed E-state index contributed by atoms with van der Waals surface area (Å²) in [6, 6.07) is 0. The van der Waals surface area contributed by atoms with Crippen LogP contribution in [0.1, 0.15) is 17.2 Å². The van der Waals surface area contributed by atoms with Crippen LogP contribution >= 0.6 is 0 Å². The number of anilines is 1. The molecule has 0 bridgehead atoms. The third-order valence-electron chi connectivity index (χ3n) is 2.43. The van der Waals surface area contributed by atoms with Gasteiger partial charge in [0, 0.05) is 7.05 Å². The maximum atomic E-state index is 4.37. The van der Waals surface area contributed by atoms with Gasteiger partial charge in [-0.2, -0.15) is 0 Å². The lowest BCUT2D eigenvalue weighted by atomic mass is 10.3. The zero-order valence-electron chi connectivity index (χ0n) is 9.60. The van der Waals surface area contributed by atoms with Gasteiger partial charge in [0.2, 0.25) is 0 Å². The Morgan fingerprint density at radius 1 is 1.31 bits per heavy atom. The third kappa shape index (κ3) is 2.16. The lowest BCUT2D eigenvalue weighted by Crippen LogP contribution is -2.08. The van der Waals surface area contributed by atoms with Crippen LogP contribution in [0, 0.1) is 13.8 Å². The number of aryl methyl sites for hydroxylation is 3. The van der Waals surface area contributed by atoms with E-state index in [0.717, 1.165) is 23.0 Å². The summed E-state index contributed by atoms with van der Waals surface area (Å²) in [4.78, 5) is 8.60. The molecular weight excluding hydrogens is 204 g/mol. The van der Waals surface area contributed by atoms with E-state index < -0.39 is 0 Å². The Morgan fingerprint density at radius 3 is 2.75 bits per heavy atom. The Hall–Kier alpha value is -1.98. The van der Waals surface area contributed by atoms with E-state index in [4.69, 9.17) is 0 Å². The van der Waals surface area contributed by atoms with E-state index in [-0.39, 0.29) is 0 Å². The van der Waals surface area contributed by atoms with E-state index >= 15 is 0 Å². The van der Waals surface area contributed by atoms with Gasteiger partial charge in [0.1, 0.15) is 12.1 Å². The van der Waals surface area contributed by atoms with Crippen LogP contribution in [0.15, 0.2) is 12.5 Å². The molecule has 16 heavy (non-hydrogen) atoms. The fourth-order valence-corrected chi connectivity index (χ4v) is 1.26. The molecule has 0 amide bonds. The molecule has 0 radical (unpaired) electrons. The predicted octanol–water partition coefficient (Wildman–Crippen LogP) is 0.834. The fraction of sp³-hybridized carbons (Fsp3) is 0.400. The van der Waals surface area contributed by atoms with Crippen LogP contribution in [0.4, 0.5) is 5.82 Å². The number of aromatic nitrogens is 5. The van der Waals surface area contributed by atoms with Crippen LogP contribution in [-0.2, 0) is 13.6 Å². The van der Waals surface area contributed by atoms with Gasteiger partial charge in [-0.05, 0) is 13.8 Å². The van der Waals surface area contributed by atoms with Crippen LogP contribution in [0.2, 0.25) is 0 Å². The molecule has 1 N–H and O–H groups in total. The monoisotopic (exact) mass is 218 g/mol. The number of nitrogens with one attached hydrogen (secondary N) is 1. The van der Waals surface area contributed by atoms with Gasteiger partial charge in [-0.15, -0.1) is 10.2 Å². The first-order valence-corrected chi connectivity index (χ1v) is 5.04. The largest absolute Gasteiger partial charge is 0.361 e. The Balaban J connectivity index is 2.05. The topological polar surface area (TPSA) is 68.5 Å². The van der Waals surface area contributed by atoms with Gasteiger partial charge in [-0.25, -0.2) is 4.98 Å². The number of hydrogen-bond donors (Lipinski definition) is 1. The van der Waals surface area contributed by atoms with E-state index in [1.165, 1.54) is 0 Å². The van der Waals surface area contributed by atoms with Crippen molar-refractivity contribution in [1.29, 1.82) is 0 Å². The highest BCUT2D eigenvalue weighted by atomic mass is 15.3. The summed E-state index contributed by atoms with van der Waals surface area (Å²) < 4.78 is 1.86. The summed E-state index contributed by atoms with van der Waals surface area (Å²) in [5.41, 5.74) is 1.88. The highest BCUT2D eigenvalue weighted by molar-refractivity contribution is 5.33. The van der Waals surface area contributed by atoms with E-state index in [2.05, 4.69) is 25.5 Å². The maximum absolute atomic E-state index is 4.37. The molecular formula is C10H14N6. The summed E-state index contributed by atoms with van der Waals surface area (Å²) in [7, 11) is 1.91. The zero-order chi connectivity index (χ0) is 11.5. The summed E-state index contributed by atoms with van der Waals surface area (Å²) in [6.45, 7) is 4.47. The molecule has 2 heterocycles. The second kappa shape index (κ2) is 4.26. The molecule has 0 aromatic carbocycles. The molecule has 2 aromatic rings. The predicted molar refractivity (Wildman–Crippen MR) is 59.8 cm³/mol. The summed E-state index contributed by atoms with van der Waals surface area (Å²) in [5.74, 6) is 1.62. The molecule has 6 heteroatoms. The first kappa shape index (κ1) is 10.5. The van der Waals surface area contributed by atoms with Gasteiger partial charge in [0.25, 0.3) is 0 Å².